The average molecular weight is 498 g/mol. The quantitative estimate of drug-likeness (QED) is 0.168. The molecule has 1 aliphatic rings. The molecule has 1 unspecified atom stereocenters. The van der Waals surface area contributed by atoms with Crippen LogP contribution in [0.4, 0.5) is 11.5 Å². The molecule has 0 aliphatic carbocycles. The lowest BCUT2D eigenvalue weighted by molar-refractivity contribution is -0.119. The van der Waals surface area contributed by atoms with Gasteiger partial charge in [-0.2, -0.15) is 0 Å². The number of hydrogen-bond acceptors (Lipinski definition) is 7. The lowest BCUT2D eigenvalue weighted by atomic mass is 9.97. The third-order valence-corrected chi connectivity index (χ3v) is 5.99. The van der Waals surface area contributed by atoms with E-state index in [1.165, 1.54) is 0 Å². The van der Waals surface area contributed by atoms with E-state index in [1.54, 1.807) is 11.0 Å². The average Bonchev–Trinajstić information content (AvgIpc) is 3.28. The van der Waals surface area contributed by atoms with Gasteiger partial charge >= 0.3 is 0 Å². The number of hydrogen-bond donors (Lipinski definition) is 3. The number of benzene rings is 3. The van der Waals surface area contributed by atoms with E-state index >= 15 is 0 Å². The standard InChI is InChI=1S/C26H25N5O3.C3H6/c27-25(17-8-10-20(11-9-17)33-19-6-2-1-3-7-19)21-13-22-24(34-30-26(22)28)14-23(21)29-18-5-4-12-31(15-18)16-32;1-3-2/h1-3,6-11,13-14,16,18,27,29H,4-5,12,15H2,(H2,28,30);3H,1H2,2H3. The summed E-state index contributed by atoms with van der Waals surface area (Å²) in [6, 6.07) is 20.7. The van der Waals surface area contributed by atoms with Gasteiger partial charge in [-0.1, -0.05) is 29.4 Å². The highest BCUT2D eigenvalue weighted by atomic mass is 16.5. The summed E-state index contributed by atoms with van der Waals surface area (Å²) >= 11 is 0. The first-order chi connectivity index (χ1) is 18.0. The molecule has 4 aromatic rings. The summed E-state index contributed by atoms with van der Waals surface area (Å²) in [6.07, 6.45) is 4.49. The molecule has 1 atom stereocenters. The molecule has 190 valence electrons. The van der Waals surface area contributed by atoms with Crippen LogP contribution in [-0.4, -0.2) is 41.3 Å². The number of nitrogen functional groups attached to an aromatic ring is 1. The molecule has 4 N–H and O–H groups in total. The number of nitrogens with two attached hydrogens (primary N) is 1. The zero-order valence-electron chi connectivity index (χ0n) is 20.8. The maximum Gasteiger partial charge on any atom is 0.209 e. The first-order valence-electron chi connectivity index (χ1n) is 12.2. The molecule has 8 nitrogen and oxygen atoms in total. The summed E-state index contributed by atoms with van der Waals surface area (Å²) in [5.74, 6) is 1.73. The fourth-order valence-corrected chi connectivity index (χ4v) is 4.24. The van der Waals surface area contributed by atoms with Crippen LogP contribution in [0.25, 0.3) is 11.0 Å². The minimum atomic E-state index is 0.0740. The molecular formula is C29H31N5O3. The van der Waals surface area contributed by atoms with Crippen molar-refractivity contribution in [3.63, 3.8) is 0 Å². The van der Waals surface area contributed by atoms with E-state index in [1.807, 2.05) is 73.7 Å². The Kier molecular flexibility index (Phi) is 8.20. The number of nitrogens with zero attached hydrogens (tertiary/aromatic N) is 2. The van der Waals surface area contributed by atoms with Gasteiger partial charge in [-0.05, 0) is 62.2 Å². The highest BCUT2D eigenvalue weighted by Gasteiger charge is 2.22. The molecule has 1 amide bonds. The summed E-state index contributed by atoms with van der Waals surface area (Å²) in [4.78, 5) is 13.0. The van der Waals surface area contributed by atoms with Crippen LogP contribution in [0.5, 0.6) is 11.5 Å². The van der Waals surface area contributed by atoms with Crippen molar-refractivity contribution in [1.29, 1.82) is 5.41 Å². The highest BCUT2D eigenvalue weighted by molar-refractivity contribution is 6.16. The van der Waals surface area contributed by atoms with Gasteiger partial charge in [-0.25, -0.2) is 0 Å². The highest BCUT2D eigenvalue weighted by Crippen LogP contribution is 2.31. The number of carbonyl (C=O) groups excluding carboxylic acids is 1. The fraction of sp³-hybridized carbons (Fsp3) is 0.207. The van der Waals surface area contributed by atoms with E-state index in [4.69, 9.17) is 20.4 Å². The number of anilines is 2. The minimum Gasteiger partial charge on any atom is -0.457 e. The Morgan fingerprint density at radius 1 is 1.19 bits per heavy atom. The van der Waals surface area contributed by atoms with Gasteiger partial charge in [0.2, 0.25) is 6.41 Å². The third-order valence-electron chi connectivity index (χ3n) is 5.99. The summed E-state index contributed by atoms with van der Waals surface area (Å²) < 4.78 is 11.2. The van der Waals surface area contributed by atoms with Crippen LogP contribution in [0, 0.1) is 5.41 Å². The molecule has 0 bridgehead atoms. The zero-order chi connectivity index (χ0) is 26.2. The van der Waals surface area contributed by atoms with E-state index in [9.17, 15) is 4.79 Å². The van der Waals surface area contributed by atoms with Crippen LogP contribution in [0.3, 0.4) is 0 Å². The van der Waals surface area contributed by atoms with Crippen LogP contribution >= 0.6 is 0 Å². The molecule has 0 radical (unpaired) electrons. The van der Waals surface area contributed by atoms with E-state index in [0.717, 1.165) is 42.8 Å². The largest absolute Gasteiger partial charge is 0.457 e. The number of likely N-dealkylation sites (tertiary alicyclic amines) is 1. The summed E-state index contributed by atoms with van der Waals surface area (Å²) in [6.45, 7) is 6.62. The predicted molar refractivity (Wildman–Crippen MR) is 147 cm³/mol. The number of fused-ring (bicyclic) bond motifs is 1. The van der Waals surface area contributed by atoms with Gasteiger partial charge in [0.15, 0.2) is 11.4 Å². The number of para-hydroxylation sites is 1. The number of aromatic nitrogens is 1. The second-order valence-electron chi connectivity index (χ2n) is 8.77. The topological polar surface area (TPSA) is 117 Å². The lowest BCUT2D eigenvalue weighted by Gasteiger charge is -2.31. The van der Waals surface area contributed by atoms with Crippen molar-refractivity contribution < 1.29 is 14.1 Å². The smallest absolute Gasteiger partial charge is 0.209 e. The molecule has 3 aromatic carbocycles. The maximum absolute atomic E-state index is 11.3. The van der Waals surface area contributed by atoms with Crippen LogP contribution in [0.2, 0.25) is 0 Å². The van der Waals surface area contributed by atoms with E-state index < -0.39 is 0 Å². The Labute approximate surface area is 216 Å². The van der Waals surface area contributed by atoms with Crippen LogP contribution in [-0.2, 0) is 4.79 Å². The van der Waals surface area contributed by atoms with Crippen molar-refractivity contribution in [3.8, 4) is 11.5 Å². The maximum atomic E-state index is 11.3. The Morgan fingerprint density at radius 3 is 2.59 bits per heavy atom. The number of rotatable bonds is 7. The molecule has 37 heavy (non-hydrogen) atoms. The van der Waals surface area contributed by atoms with Gasteiger partial charge in [0, 0.05) is 42.0 Å². The van der Waals surface area contributed by atoms with Crippen molar-refractivity contribution >= 4 is 34.6 Å². The van der Waals surface area contributed by atoms with Gasteiger partial charge in [-0.3, -0.25) is 10.2 Å². The van der Waals surface area contributed by atoms with Crippen LogP contribution in [0.15, 0.2) is 83.9 Å². The summed E-state index contributed by atoms with van der Waals surface area (Å²) in [5.41, 5.74) is 9.03. The normalized spacial score (nSPS) is 14.8. The molecule has 1 aliphatic heterocycles. The molecule has 0 spiro atoms. The number of ether oxygens (including phenoxy) is 1. The van der Waals surface area contributed by atoms with Crippen LogP contribution in [0.1, 0.15) is 30.9 Å². The van der Waals surface area contributed by atoms with Crippen molar-refractivity contribution in [1.82, 2.24) is 10.1 Å². The van der Waals surface area contributed by atoms with Gasteiger partial charge in [0.25, 0.3) is 0 Å². The molecule has 1 saturated heterocycles. The Balaban J connectivity index is 0.00000102. The van der Waals surface area contributed by atoms with Crippen molar-refractivity contribution in [2.24, 2.45) is 0 Å². The van der Waals surface area contributed by atoms with Gasteiger partial charge in [-0.15, -0.1) is 6.58 Å². The number of carbonyl (C=O) groups is 1. The third kappa shape index (κ3) is 6.16. The Hall–Kier alpha value is -4.59. The molecule has 5 rings (SSSR count). The Bertz CT molecular complexity index is 1370. The predicted octanol–water partition coefficient (Wildman–Crippen LogP) is 5.84. The van der Waals surface area contributed by atoms with E-state index in [-0.39, 0.29) is 11.9 Å². The monoisotopic (exact) mass is 497 g/mol. The summed E-state index contributed by atoms with van der Waals surface area (Å²) in [7, 11) is 0. The zero-order valence-corrected chi connectivity index (χ0v) is 20.8. The van der Waals surface area contributed by atoms with Crippen LogP contribution < -0.4 is 15.8 Å². The SMILES string of the molecule is C=CC.N=C(c1ccc(Oc2ccccc2)cc1)c1cc2c(N)noc2cc1NC1CCCN(C=O)C1. The molecule has 8 heteroatoms. The first kappa shape index (κ1) is 25.5. The summed E-state index contributed by atoms with van der Waals surface area (Å²) in [5, 5.41) is 17.0. The van der Waals surface area contributed by atoms with E-state index in [0.29, 0.717) is 34.5 Å². The van der Waals surface area contributed by atoms with Crippen molar-refractivity contribution in [3.05, 3.63) is 90.5 Å². The van der Waals surface area contributed by atoms with Crippen molar-refractivity contribution in [2.75, 3.05) is 24.1 Å². The second-order valence-corrected chi connectivity index (χ2v) is 8.77. The second kappa shape index (κ2) is 11.9. The number of piperidine rings is 1. The Morgan fingerprint density at radius 2 is 1.89 bits per heavy atom. The number of allylic oxidation sites excluding steroid dienone is 1. The molecule has 1 fully saturated rings. The fourth-order valence-electron chi connectivity index (χ4n) is 4.24. The number of amides is 1. The van der Waals surface area contributed by atoms with Gasteiger partial charge in [0.05, 0.1) is 11.1 Å². The minimum absolute atomic E-state index is 0.0740. The molecule has 1 aromatic heterocycles. The molecule has 0 saturated carbocycles. The van der Waals surface area contributed by atoms with E-state index in [2.05, 4.69) is 17.1 Å². The molecule has 2 heterocycles. The van der Waals surface area contributed by atoms with Crippen molar-refractivity contribution in [2.45, 2.75) is 25.8 Å². The van der Waals surface area contributed by atoms with Gasteiger partial charge < -0.3 is 25.2 Å². The molecular weight excluding hydrogens is 466 g/mol. The number of nitrogens with one attached hydrogen (secondary N) is 2. The lowest BCUT2D eigenvalue weighted by Crippen LogP contribution is -2.41. The first-order valence-corrected chi connectivity index (χ1v) is 12.2. The van der Waals surface area contributed by atoms with Gasteiger partial charge in [0.1, 0.15) is 11.5 Å².